The summed E-state index contributed by atoms with van der Waals surface area (Å²) in [6.45, 7) is 5.55. The molecule has 5 atom stereocenters. The van der Waals surface area contributed by atoms with Crippen molar-refractivity contribution in [2.24, 2.45) is 0 Å². The molecule has 4 aliphatic heterocycles. The third-order valence-corrected chi connectivity index (χ3v) is 13.5. The smallest absolute Gasteiger partial charge is 0.260 e. The molecule has 7 rings (SSSR count). The quantitative estimate of drug-likeness (QED) is 0.324. The Morgan fingerprint density at radius 1 is 1.04 bits per heavy atom. The molecule has 308 valence electrons. The predicted octanol–water partition coefficient (Wildman–Crippen LogP) is 3.48. The zero-order valence-corrected chi connectivity index (χ0v) is 33.6. The van der Waals surface area contributed by atoms with E-state index >= 15 is 0 Å². The number of hydrogen-bond acceptors (Lipinski definition) is 10. The van der Waals surface area contributed by atoms with E-state index in [1.165, 1.54) is 7.11 Å². The van der Waals surface area contributed by atoms with Gasteiger partial charge in [-0.1, -0.05) is 36.9 Å². The number of halogens is 1. The summed E-state index contributed by atoms with van der Waals surface area (Å²) in [6, 6.07) is 8.97. The minimum atomic E-state index is -4.18. The maximum Gasteiger partial charge on any atom is 0.260 e. The first-order chi connectivity index (χ1) is 26.8. The lowest BCUT2D eigenvalue weighted by Gasteiger charge is -2.44. The van der Waals surface area contributed by atoms with Crippen molar-refractivity contribution in [3.05, 3.63) is 71.1 Å². The number of piperidine rings is 2. The fourth-order valence-electron chi connectivity index (χ4n) is 8.60. The molecule has 17 heteroatoms. The average molecular weight is 821 g/mol. The van der Waals surface area contributed by atoms with Crippen molar-refractivity contribution in [1.82, 2.24) is 19.2 Å². The molecular formula is C39H53FN4O10S2. The van der Waals surface area contributed by atoms with E-state index in [1.54, 1.807) is 15.9 Å². The van der Waals surface area contributed by atoms with Gasteiger partial charge in [0.15, 0.2) is 13.2 Å². The summed E-state index contributed by atoms with van der Waals surface area (Å²) in [6.07, 6.45) is 4.31. The van der Waals surface area contributed by atoms with Gasteiger partial charge in [-0.15, -0.1) is 0 Å². The molecule has 14 nitrogen and oxygen atoms in total. The van der Waals surface area contributed by atoms with Gasteiger partial charge in [0.05, 0.1) is 31.4 Å². The Bertz CT molecular complexity index is 1940. The van der Waals surface area contributed by atoms with E-state index < -0.39 is 50.2 Å². The molecule has 2 aromatic rings. The number of hydrogen-bond donors (Lipinski definition) is 2. The van der Waals surface area contributed by atoms with Gasteiger partial charge < -0.3 is 28.7 Å². The van der Waals surface area contributed by atoms with Gasteiger partial charge in [0.2, 0.25) is 26.1 Å². The van der Waals surface area contributed by atoms with Crippen LogP contribution in [0, 0.1) is 6.92 Å². The molecule has 2 bridgehead atoms. The van der Waals surface area contributed by atoms with Crippen LogP contribution in [0.3, 0.4) is 0 Å². The SMILES string of the molecule is C=CS(=O)(=O)NC1CC(c2ccc3c(c2)OCC(=O)N2CCCC(NS(=O)(=O)CF)[C@@H]2COC2CCC3CC2)CN(C(=O)COc2ccccc2C)[C@H]1COC. The number of aryl methyl sites for hydroxylation is 1. The average Bonchev–Trinajstić information content (AvgIpc) is 3.20. The number of benzene rings is 2. The summed E-state index contributed by atoms with van der Waals surface area (Å²) in [5.41, 5.74) is 2.61. The van der Waals surface area contributed by atoms with Crippen LogP contribution in [-0.4, -0.2) is 121 Å². The number of rotatable bonds is 12. The minimum absolute atomic E-state index is 0.0720. The Hall–Kier alpha value is -3.61. The fraction of sp³-hybridized carbons (Fsp3) is 0.590. The molecule has 2 N–H and O–H groups in total. The second-order valence-corrected chi connectivity index (χ2v) is 18.5. The van der Waals surface area contributed by atoms with Crippen molar-refractivity contribution in [2.45, 2.75) is 94.0 Å². The summed E-state index contributed by atoms with van der Waals surface area (Å²) >= 11 is 0. The largest absolute Gasteiger partial charge is 0.484 e. The maximum atomic E-state index is 14.0. The number of carbonyl (C=O) groups is 2. The number of fused-ring (bicyclic) bond motifs is 5. The number of ether oxygens (including phenoxy) is 4. The number of alkyl halides is 1. The number of nitrogens with one attached hydrogen (secondary N) is 2. The van der Waals surface area contributed by atoms with E-state index in [2.05, 4.69) is 16.0 Å². The van der Waals surface area contributed by atoms with Gasteiger partial charge in [-0.3, -0.25) is 9.59 Å². The first-order valence-electron chi connectivity index (χ1n) is 19.2. The van der Waals surface area contributed by atoms with Crippen LogP contribution >= 0.6 is 0 Å². The van der Waals surface area contributed by atoms with Gasteiger partial charge in [-0.2, -0.15) is 0 Å². The Labute approximate surface area is 329 Å². The summed E-state index contributed by atoms with van der Waals surface area (Å²) in [4.78, 5) is 31.0. The van der Waals surface area contributed by atoms with Gasteiger partial charge in [0.25, 0.3) is 11.8 Å². The van der Waals surface area contributed by atoms with E-state index in [0.29, 0.717) is 37.3 Å². The van der Waals surface area contributed by atoms with Crippen LogP contribution in [-0.2, 0) is 39.1 Å². The summed E-state index contributed by atoms with van der Waals surface area (Å²) in [5.74, 6) is 0.173. The number of amides is 2. The van der Waals surface area contributed by atoms with Crippen molar-refractivity contribution >= 4 is 31.9 Å². The molecule has 5 aliphatic rings. The lowest BCUT2D eigenvalue weighted by atomic mass is 9.80. The van der Waals surface area contributed by atoms with E-state index in [9.17, 15) is 30.8 Å². The molecule has 0 spiro atoms. The third-order valence-electron chi connectivity index (χ3n) is 11.5. The summed E-state index contributed by atoms with van der Waals surface area (Å²) in [5, 5.41) is 0.841. The molecular weight excluding hydrogens is 768 g/mol. The lowest BCUT2D eigenvalue weighted by molar-refractivity contribution is -0.141. The monoisotopic (exact) mass is 820 g/mol. The van der Waals surface area contributed by atoms with E-state index in [4.69, 9.17) is 18.9 Å². The summed E-state index contributed by atoms with van der Waals surface area (Å²) < 4.78 is 92.9. The van der Waals surface area contributed by atoms with Crippen LogP contribution in [0.25, 0.3) is 0 Å². The van der Waals surface area contributed by atoms with Crippen LogP contribution in [0.2, 0.25) is 0 Å². The highest BCUT2D eigenvalue weighted by Crippen LogP contribution is 2.42. The van der Waals surface area contributed by atoms with Crippen LogP contribution in [0.5, 0.6) is 11.5 Å². The standard InChI is InChI=1S/C39H53FN4O10S2/c1-4-55(47,48)42-33-18-29(20-44(34(33)21-51-3)39(46)24-53-36-10-6-5-8-26(36)2)28-13-16-31-27-11-14-30(15-12-27)52-22-35-32(41-56(49,50)25-40)9-7-17-43(35)38(45)23-54-37(31)19-28/h4-6,8,10,13,16,19,27,29-30,32-35,41-42H,1,7,9,11-12,14-15,17-18,20-25H2,2-3H3/t27?,29?,30?,32?,33?,34-,35-/m0/s1. The van der Waals surface area contributed by atoms with Gasteiger partial charge >= 0.3 is 0 Å². The number of sulfonamides is 2. The first-order valence-corrected chi connectivity index (χ1v) is 22.4. The Morgan fingerprint density at radius 3 is 2.52 bits per heavy atom. The van der Waals surface area contributed by atoms with Gasteiger partial charge in [0, 0.05) is 43.6 Å². The lowest BCUT2D eigenvalue weighted by Crippen LogP contribution is -2.61. The van der Waals surface area contributed by atoms with Gasteiger partial charge in [-0.05, 0) is 86.6 Å². The molecule has 1 saturated carbocycles. The minimum Gasteiger partial charge on any atom is -0.484 e. The molecule has 0 radical (unpaired) electrons. The van der Waals surface area contributed by atoms with Crippen molar-refractivity contribution < 1.29 is 49.8 Å². The highest BCUT2D eigenvalue weighted by atomic mass is 32.2. The predicted molar refractivity (Wildman–Crippen MR) is 207 cm³/mol. The van der Waals surface area contributed by atoms with Crippen molar-refractivity contribution in [3.8, 4) is 11.5 Å². The van der Waals surface area contributed by atoms with Gasteiger partial charge in [0.1, 0.15) is 11.5 Å². The van der Waals surface area contributed by atoms with Crippen LogP contribution in [0.4, 0.5) is 4.39 Å². The van der Waals surface area contributed by atoms with E-state index in [0.717, 1.165) is 47.8 Å². The number of nitrogens with zero attached hydrogens (tertiary/aromatic N) is 2. The number of carbonyl (C=O) groups excluding carboxylic acids is 2. The highest BCUT2D eigenvalue weighted by molar-refractivity contribution is 7.92. The number of methoxy groups -OCH3 is 1. The number of para-hydroxylation sites is 1. The maximum absolute atomic E-state index is 14.0. The second kappa shape index (κ2) is 18.3. The van der Waals surface area contributed by atoms with Crippen molar-refractivity contribution in [2.75, 3.05) is 52.6 Å². The summed E-state index contributed by atoms with van der Waals surface area (Å²) in [7, 11) is -6.59. The molecule has 56 heavy (non-hydrogen) atoms. The van der Waals surface area contributed by atoms with E-state index in [1.807, 2.05) is 43.3 Å². The Kier molecular flexibility index (Phi) is 13.7. The Balaban J connectivity index is 1.30. The second-order valence-electron chi connectivity index (χ2n) is 15.1. The molecule has 2 amide bonds. The molecule has 3 unspecified atom stereocenters. The van der Waals surface area contributed by atoms with Crippen LogP contribution in [0.15, 0.2) is 54.5 Å². The molecule has 1 aliphatic carbocycles. The molecule has 2 aromatic carbocycles. The fourth-order valence-corrected chi connectivity index (χ4v) is 10.2. The Morgan fingerprint density at radius 2 is 1.80 bits per heavy atom. The first kappa shape index (κ1) is 42.0. The normalized spacial score (nSPS) is 27.5. The molecule has 4 heterocycles. The molecule has 0 aromatic heterocycles. The zero-order valence-electron chi connectivity index (χ0n) is 31.9. The third kappa shape index (κ3) is 10.1. The van der Waals surface area contributed by atoms with Crippen molar-refractivity contribution in [1.29, 1.82) is 0 Å². The molecule has 2 saturated heterocycles. The van der Waals surface area contributed by atoms with E-state index in [-0.39, 0.29) is 62.7 Å². The zero-order chi connectivity index (χ0) is 40.0. The van der Waals surface area contributed by atoms with Crippen LogP contribution < -0.4 is 18.9 Å². The van der Waals surface area contributed by atoms with Gasteiger partial charge in [-0.25, -0.2) is 30.7 Å². The van der Waals surface area contributed by atoms with Crippen molar-refractivity contribution in [3.63, 3.8) is 0 Å². The number of likely N-dealkylation sites (tertiary alicyclic amines) is 1. The highest BCUT2D eigenvalue weighted by Gasteiger charge is 2.42. The molecule has 3 fully saturated rings. The topological polar surface area (TPSA) is 170 Å². The van der Waals surface area contributed by atoms with Crippen LogP contribution in [0.1, 0.15) is 73.5 Å².